The van der Waals surface area contributed by atoms with Gasteiger partial charge in [0.05, 0.1) is 11.6 Å². The van der Waals surface area contributed by atoms with Crippen LogP contribution < -0.4 is 0 Å². The van der Waals surface area contributed by atoms with Crippen molar-refractivity contribution in [2.45, 2.75) is 0 Å². The summed E-state index contributed by atoms with van der Waals surface area (Å²) in [7, 11) is 0. The van der Waals surface area contributed by atoms with E-state index in [9.17, 15) is 10.1 Å². The largest absolute Gasteiger partial charge is 0.433 e. The molecule has 0 spiro atoms. The van der Waals surface area contributed by atoms with Crippen LogP contribution in [0.3, 0.4) is 0 Å². The number of aromatic nitrogens is 2. The highest BCUT2D eigenvalue weighted by Gasteiger charge is 2.16. The molecule has 2 heterocycles. The summed E-state index contributed by atoms with van der Waals surface area (Å²) in [6.07, 6.45) is 0. The van der Waals surface area contributed by atoms with E-state index in [1.807, 2.05) is 12.1 Å². The number of benzene rings is 1. The number of hydrogen-bond acceptors (Lipinski definition) is 5. The molecule has 2 aromatic heterocycles. The van der Waals surface area contributed by atoms with Gasteiger partial charge in [0.25, 0.3) is 0 Å². The Kier molecular flexibility index (Phi) is 2.64. The number of nitro groups is 1. The molecular formula is C12H6ClN3O3. The van der Waals surface area contributed by atoms with Crippen LogP contribution in [0.25, 0.3) is 22.5 Å². The summed E-state index contributed by atoms with van der Waals surface area (Å²) in [4.78, 5) is 18.3. The predicted octanol–water partition coefficient (Wildman–Crippen LogP) is 3.45. The zero-order valence-corrected chi connectivity index (χ0v) is 10.2. The maximum Gasteiger partial charge on any atom is 0.433 e. The molecule has 6 nitrogen and oxygen atoms in total. The normalized spacial score (nSPS) is 10.8. The molecule has 0 atom stereocenters. The molecule has 1 aromatic carbocycles. The van der Waals surface area contributed by atoms with Gasteiger partial charge in [0.1, 0.15) is 10.1 Å². The van der Waals surface area contributed by atoms with Crippen molar-refractivity contribution in [2.75, 3.05) is 0 Å². The number of halogens is 1. The number of furan rings is 1. The van der Waals surface area contributed by atoms with Crippen LogP contribution in [-0.4, -0.2) is 14.9 Å². The van der Waals surface area contributed by atoms with Crippen LogP contribution >= 0.6 is 11.6 Å². The van der Waals surface area contributed by atoms with Crippen LogP contribution in [0, 0.1) is 10.1 Å². The van der Waals surface area contributed by atoms with Gasteiger partial charge in [-0.25, -0.2) is 9.97 Å². The summed E-state index contributed by atoms with van der Waals surface area (Å²) in [6, 6.07) is 9.92. The molecule has 0 unspecified atom stereocenters. The first-order valence-corrected chi connectivity index (χ1v) is 5.70. The van der Waals surface area contributed by atoms with Gasteiger partial charge >= 0.3 is 5.88 Å². The summed E-state index contributed by atoms with van der Waals surface area (Å²) in [5.74, 6) is 0.0686. The number of nitrogens with zero attached hydrogens (tertiary/aromatic N) is 3. The molecule has 0 amide bonds. The second-order valence-electron chi connectivity index (χ2n) is 3.75. The first-order valence-electron chi connectivity index (χ1n) is 5.32. The van der Waals surface area contributed by atoms with Gasteiger partial charge in [-0.15, -0.1) is 0 Å². The van der Waals surface area contributed by atoms with Gasteiger partial charge in [-0.1, -0.05) is 23.7 Å². The maximum absolute atomic E-state index is 10.6. The Hall–Kier alpha value is -2.47. The minimum Gasteiger partial charge on any atom is -0.397 e. The third-order valence-electron chi connectivity index (χ3n) is 2.55. The lowest BCUT2D eigenvalue weighted by molar-refractivity contribution is -0.401. The molecule has 0 saturated heterocycles. The van der Waals surface area contributed by atoms with Crippen molar-refractivity contribution >= 4 is 28.4 Å². The molecule has 0 saturated carbocycles. The molecule has 0 radical (unpaired) electrons. The Morgan fingerprint density at radius 1 is 1.16 bits per heavy atom. The Morgan fingerprint density at radius 3 is 2.68 bits per heavy atom. The first kappa shape index (κ1) is 11.6. The van der Waals surface area contributed by atoms with E-state index in [1.165, 1.54) is 12.1 Å². The Morgan fingerprint density at radius 2 is 1.95 bits per heavy atom. The van der Waals surface area contributed by atoms with Gasteiger partial charge in [0, 0.05) is 5.39 Å². The Labute approximate surface area is 111 Å². The highest BCUT2D eigenvalue weighted by atomic mass is 35.5. The predicted molar refractivity (Wildman–Crippen MR) is 68.9 cm³/mol. The highest BCUT2D eigenvalue weighted by molar-refractivity contribution is 6.34. The monoisotopic (exact) mass is 275 g/mol. The van der Waals surface area contributed by atoms with Gasteiger partial charge in [0.2, 0.25) is 0 Å². The summed E-state index contributed by atoms with van der Waals surface area (Å²) in [5.41, 5.74) is 0.650. The van der Waals surface area contributed by atoms with E-state index in [0.29, 0.717) is 10.9 Å². The topological polar surface area (TPSA) is 82.1 Å². The van der Waals surface area contributed by atoms with E-state index in [0.717, 1.165) is 0 Å². The lowest BCUT2D eigenvalue weighted by atomic mass is 10.2. The van der Waals surface area contributed by atoms with E-state index in [1.54, 1.807) is 12.1 Å². The van der Waals surface area contributed by atoms with Crippen LogP contribution in [0.1, 0.15) is 0 Å². The van der Waals surface area contributed by atoms with Gasteiger partial charge in [-0.05, 0) is 18.2 Å². The molecule has 0 bridgehead atoms. The van der Waals surface area contributed by atoms with Crippen LogP contribution in [0.5, 0.6) is 0 Å². The zero-order valence-electron chi connectivity index (χ0n) is 9.41. The quantitative estimate of drug-likeness (QED) is 0.406. The third kappa shape index (κ3) is 2.02. The second-order valence-corrected chi connectivity index (χ2v) is 4.11. The molecule has 0 aliphatic rings. The van der Waals surface area contributed by atoms with E-state index in [4.69, 9.17) is 16.0 Å². The molecule has 7 heteroatoms. The van der Waals surface area contributed by atoms with Gasteiger partial charge in [-0.3, -0.25) is 10.1 Å². The van der Waals surface area contributed by atoms with Crippen molar-refractivity contribution < 1.29 is 9.34 Å². The number of fused-ring (bicyclic) bond motifs is 1. The maximum atomic E-state index is 10.6. The number of rotatable bonds is 2. The molecule has 0 aliphatic carbocycles. The lowest BCUT2D eigenvalue weighted by Crippen LogP contribution is -1.90. The fraction of sp³-hybridized carbons (Fsp3) is 0. The Balaban J connectivity index is 2.16. The Bertz CT molecular complexity index is 785. The SMILES string of the molecule is O=[N+]([O-])c1ccc(-c2nc(Cl)c3ccccc3n2)o1. The fourth-order valence-corrected chi connectivity index (χ4v) is 1.93. The van der Waals surface area contributed by atoms with Crippen molar-refractivity contribution in [3.05, 3.63) is 51.7 Å². The lowest BCUT2D eigenvalue weighted by Gasteiger charge is -2.01. The van der Waals surface area contributed by atoms with Gasteiger partial charge < -0.3 is 4.42 Å². The molecule has 3 rings (SSSR count). The molecule has 94 valence electrons. The van der Waals surface area contributed by atoms with Crippen molar-refractivity contribution in [3.63, 3.8) is 0 Å². The zero-order chi connectivity index (χ0) is 13.4. The summed E-state index contributed by atoms with van der Waals surface area (Å²) in [5, 5.41) is 11.6. The molecule has 0 N–H and O–H groups in total. The van der Waals surface area contributed by atoms with Crippen LogP contribution in [-0.2, 0) is 0 Å². The van der Waals surface area contributed by atoms with Crippen molar-refractivity contribution in [2.24, 2.45) is 0 Å². The molecule has 3 aromatic rings. The van der Waals surface area contributed by atoms with Crippen molar-refractivity contribution in [1.29, 1.82) is 0 Å². The minimum atomic E-state index is -0.619. The molecule has 19 heavy (non-hydrogen) atoms. The average molecular weight is 276 g/mol. The highest BCUT2D eigenvalue weighted by Crippen LogP contribution is 2.27. The van der Waals surface area contributed by atoms with Crippen LogP contribution in [0.2, 0.25) is 5.15 Å². The second kappa shape index (κ2) is 4.33. The minimum absolute atomic E-state index is 0.208. The standard InChI is InChI=1S/C12H6ClN3O3/c13-11-7-3-1-2-4-8(7)14-12(15-11)9-5-6-10(19-9)16(17)18/h1-6H. The average Bonchev–Trinajstić information content (AvgIpc) is 2.88. The summed E-state index contributed by atoms with van der Waals surface area (Å²) in [6.45, 7) is 0. The van der Waals surface area contributed by atoms with E-state index in [-0.39, 0.29) is 22.6 Å². The molecule has 0 fully saturated rings. The van der Waals surface area contributed by atoms with Crippen molar-refractivity contribution in [1.82, 2.24) is 9.97 Å². The van der Waals surface area contributed by atoms with Crippen molar-refractivity contribution in [3.8, 4) is 11.6 Å². The fourth-order valence-electron chi connectivity index (χ4n) is 1.69. The summed E-state index contributed by atoms with van der Waals surface area (Å²) >= 11 is 6.05. The van der Waals surface area contributed by atoms with E-state index >= 15 is 0 Å². The third-order valence-corrected chi connectivity index (χ3v) is 2.84. The number of para-hydroxylation sites is 1. The van der Waals surface area contributed by atoms with Gasteiger partial charge in [-0.2, -0.15) is 0 Å². The smallest absolute Gasteiger partial charge is 0.397 e. The summed E-state index contributed by atoms with van der Waals surface area (Å²) < 4.78 is 5.05. The van der Waals surface area contributed by atoms with E-state index < -0.39 is 4.92 Å². The molecular weight excluding hydrogens is 270 g/mol. The van der Waals surface area contributed by atoms with E-state index in [2.05, 4.69) is 9.97 Å². The van der Waals surface area contributed by atoms with Crippen LogP contribution in [0.15, 0.2) is 40.8 Å². The number of hydrogen-bond donors (Lipinski definition) is 0. The molecule has 0 aliphatic heterocycles. The van der Waals surface area contributed by atoms with Crippen LogP contribution in [0.4, 0.5) is 5.88 Å². The first-order chi connectivity index (χ1) is 9.15. The van der Waals surface area contributed by atoms with Gasteiger partial charge in [0.15, 0.2) is 11.6 Å².